The summed E-state index contributed by atoms with van der Waals surface area (Å²) in [5, 5.41) is 10.4. The molecule has 2 saturated heterocycles. The highest BCUT2D eigenvalue weighted by Crippen LogP contribution is 2.71. The minimum Gasteiger partial charge on any atom is -0.504 e. The number of carbonyl (C=O) groups is 4. The summed E-state index contributed by atoms with van der Waals surface area (Å²) in [5.41, 5.74) is -2.89. The van der Waals surface area contributed by atoms with Gasteiger partial charge in [0.05, 0.1) is 25.0 Å². The molecule has 9 nitrogen and oxygen atoms in total. The first-order chi connectivity index (χ1) is 16.8. The molecule has 0 unspecified atom stereocenters. The fourth-order valence-electron chi connectivity index (χ4n) is 7.42. The molecule has 1 saturated carbocycles. The molecule has 3 aliphatic carbocycles. The van der Waals surface area contributed by atoms with Crippen LogP contribution in [0, 0.1) is 22.7 Å². The van der Waals surface area contributed by atoms with Crippen LogP contribution < -0.4 is 0 Å². The van der Waals surface area contributed by atoms with Crippen molar-refractivity contribution >= 4 is 23.7 Å². The summed E-state index contributed by atoms with van der Waals surface area (Å²) in [5.74, 6) is -5.28. The van der Waals surface area contributed by atoms with Gasteiger partial charge >= 0.3 is 17.9 Å². The van der Waals surface area contributed by atoms with Gasteiger partial charge < -0.3 is 24.1 Å². The molecule has 0 aromatic rings. The number of alkyl halides is 1. The Morgan fingerprint density at radius 3 is 2.61 bits per heavy atom. The Morgan fingerprint density at radius 1 is 1.28 bits per heavy atom. The topological polar surface area (TPSA) is 125 Å². The van der Waals surface area contributed by atoms with E-state index < -0.39 is 70.3 Å². The van der Waals surface area contributed by atoms with Crippen molar-refractivity contribution in [2.45, 2.75) is 64.5 Å². The van der Waals surface area contributed by atoms with Crippen molar-refractivity contribution in [2.75, 3.05) is 13.7 Å². The van der Waals surface area contributed by atoms with E-state index in [2.05, 4.69) is 0 Å². The molecule has 5 rings (SSSR count). The number of aliphatic hydroxyl groups is 1. The molecule has 0 radical (unpaired) electrons. The lowest BCUT2D eigenvalue weighted by molar-refractivity contribution is -0.219. The third kappa shape index (κ3) is 2.84. The minimum atomic E-state index is -2.24. The number of ketones is 1. The van der Waals surface area contributed by atoms with Gasteiger partial charge in [-0.2, -0.15) is 0 Å². The van der Waals surface area contributed by atoms with Crippen molar-refractivity contribution in [3.8, 4) is 0 Å². The maximum atomic E-state index is 16.2. The molecule has 10 heteroatoms. The maximum Gasteiger partial charge on any atom is 0.348 e. The van der Waals surface area contributed by atoms with Gasteiger partial charge in [-0.1, -0.05) is 18.1 Å². The summed E-state index contributed by atoms with van der Waals surface area (Å²) in [4.78, 5) is 51.8. The second kappa shape index (κ2) is 7.74. The second-order valence-electron chi connectivity index (χ2n) is 10.9. The number of methoxy groups -OCH3 is 1. The molecule has 2 bridgehead atoms. The number of ether oxygens (including phenoxy) is 4. The summed E-state index contributed by atoms with van der Waals surface area (Å²) in [7, 11) is 1.09. The summed E-state index contributed by atoms with van der Waals surface area (Å²) >= 11 is 0. The predicted octanol–water partition coefficient (Wildman–Crippen LogP) is 2.44. The lowest BCUT2D eigenvalue weighted by atomic mass is 9.43. The Bertz CT molecular complexity index is 1180. The number of fused-ring (bicyclic) bond motifs is 2. The van der Waals surface area contributed by atoms with Gasteiger partial charge in [-0.3, -0.25) is 4.79 Å². The quantitative estimate of drug-likeness (QED) is 0.267. The highest BCUT2D eigenvalue weighted by Gasteiger charge is 2.81. The van der Waals surface area contributed by atoms with Crippen molar-refractivity contribution < 1.29 is 47.6 Å². The number of rotatable bonds is 3. The van der Waals surface area contributed by atoms with Crippen LogP contribution in [0.25, 0.3) is 0 Å². The van der Waals surface area contributed by atoms with Crippen molar-refractivity contribution in [1.82, 2.24) is 0 Å². The summed E-state index contributed by atoms with van der Waals surface area (Å²) in [6, 6.07) is 0. The average molecular weight is 505 g/mol. The minimum absolute atomic E-state index is 0.0953. The van der Waals surface area contributed by atoms with Gasteiger partial charge in [-0.15, -0.1) is 0 Å². The second-order valence-corrected chi connectivity index (χ2v) is 10.9. The zero-order valence-corrected chi connectivity index (χ0v) is 20.8. The van der Waals surface area contributed by atoms with Crippen LogP contribution in [-0.2, 0) is 38.1 Å². The lowest BCUT2D eigenvalue weighted by Crippen LogP contribution is -2.71. The predicted molar refractivity (Wildman–Crippen MR) is 120 cm³/mol. The summed E-state index contributed by atoms with van der Waals surface area (Å²) < 4.78 is 38.5. The van der Waals surface area contributed by atoms with Crippen molar-refractivity contribution in [2.24, 2.45) is 22.7 Å². The molecule has 36 heavy (non-hydrogen) atoms. The molecule has 2 aliphatic heterocycles. The van der Waals surface area contributed by atoms with Crippen LogP contribution in [0.4, 0.5) is 4.39 Å². The van der Waals surface area contributed by atoms with Gasteiger partial charge in [0.2, 0.25) is 11.7 Å². The van der Waals surface area contributed by atoms with Crippen LogP contribution in [0.2, 0.25) is 0 Å². The standard InChI is InChI=1S/C26H29FO9/c1-11(2)6-18(29)36-20-21-25-10-34-26(21,23(32)33-5)16(27)8-15(25)24(4)9-14(28)19(30)12(3)13(24)7-17(25)35-22(20)31/h6,8,13,16-17,20-21,30H,7,9-10H2,1-5H3/t13-,16+,17+,20+,21+,24-,25-,26-/m0/s1. The molecule has 1 N–H and O–H groups in total. The molecule has 194 valence electrons. The molecule has 1 spiro atoms. The van der Waals surface area contributed by atoms with Gasteiger partial charge in [0, 0.05) is 17.9 Å². The van der Waals surface area contributed by atoms with E-state index in [-0.39, 0.29) is 25.2 Å². The van der Waals surface area contributed by atoms with Crippen LogP contribution >= 0.6 is 0 Å². The van der Waals surface area contributed by atoms with E-state index in [1.807, 2.05) is 6.92 Å². The average Bonchev–Trinajstić information content (AvgIpc) is 3.09. The number of Topliss-reactive ketones (excluding diaryl/α,β-unsaturated/α-hetero) is 1. The fraction of sp³-hybridized carbons (Fsp3) is 0.615. The fourth-order valence-corrected chi connectivity index (χ4v) is 7.42. The number of carbonyl (C=O) groups excluding carboxylic acids is 4. The molecular weight excluding hydrogens is 475 g/mol. The molecular formula is C26H29FO9. The van der Waals surface area contributed by atoms with Crippen molar-refractivity contribution in [3.63, 3.8) is 0 Å². The molecule has 0 amide bonds. The zero-order chi connectivity index (χ0) is 26.4. The van der Waals surface area contributed by atoms with Crippen molar-refractivity contribution in [1.29, 1.82) is 0 Å². The first-order valence-corrected chi connectivity index (χ1v) is 11.9. The van der Waals surface area contributed by atoms with E-state index in [4.69, 9.17) is 18.9 Å². The molecule has 2 heterocycles. The number of halogens is 1. The van der Waals surface area contributed by atoms with Crippen LogP contribution in [0.5, 0.6) is 0 Å². The smallest absolute Gasteiger partial charge is 0.348 e. The highest BCUT2D eigenvalue weighted by atomic mass is 19.1. The number of aliphatic hydroxyl groups excluding tert-OH is 1. The van der Waals surface area contributed by atoms with Gasteiger partial charge in [-0.05, 0) is 44.8 Å². The van der Waals surface area contributed by atoms with Gasteiger partial charge in [-0.25, -0.2) is 18.8 Å². The van der Waals surface area contributed by atoms with Crippen LogP contribution in [0.3, 0.4) is 0 Å². The third-order valence-electron chi connectivity index (χ3n) is 8.84. The Labute approximate surface area is 207 Å². The van der Waals surface area contributed by atoms with Crippen LogP contribution in [0.1, 0.15) is 40.5 Å². The molecule has 5 aliphatic rings. The van der Waals surface area contributed by atoms with E-state index in [1.165, 1.54) is 12.2 Å². The monoisotopic (exact) mass is 504 g/mol. The van der Waals surface area contributed by atoms with Gasteiger partial charge in [0.1, 0.15) is 6.10 Å². The highest BCUT2D eigenvalue weighted by molar-refractivity contribution is 5.96. The number of hydrogen-bond donors (Lipinski definition) is 1. The van der Waals surface area contributed by atoms with Gasteiger partial charge in [0.15, 0.2) is 17.7 Å². The van der Waals surface area contributed by atoms with E-state index in [1.54, 1.807) is 20.8 Å². The molecule has 0 aromatic carbocycles. The van der Waals surface area contributed by atoms with E-state index in [9.17, 15) is 24.3 Å². The first-order valence-electron chi connectivity index (χ1n) is 11.9. The first kappa shape index (κ1) is 24.7. The van der Waals surface area contributed by atoms with Crippen molar-refractivity contribution in [3.05, 3.63) is 34.6 Å². The Kier molecular flexibility index (Phi) is 5.31. The summed E-state index contributed by atoms with van der Waals surface area (Å²) in [6.45, 7) is 6.60. The maximum absolute atomic E-state index is 16.2. The van der Waals surface area contributed by atoms with Crippen LogP contribution in [0.15, 0.2) is 34.6 Å². The Morgan fingerprint density at radius 2 is 1.97 bits per heavy atom. The lowest BCUT2D eigenvalue weighted by Gasteiger charge is -2.62. The van der Waals surface area contributed by atoms with E-state index in [0.717, 1.165) is 7.11 Å². The molecule has 0 aromatic heterocycles. The van der Waals surface area contributed by atoms with E-state index >= 15 is 4.39 Å². The SMILES string of the molecule is COC(=O)[C@]12OC[C@]34C(=C[C@H]1F)[C@@]1(C)CC(=O)C(O)=C(C)[C@@H]1C[C@H]3OC(=O)[C@H](OC(=O)C=C(C)C)[C@H]42. The van der Waals surface area contributed by atoms with E-state index in [0.29, 0.717) is 16.7 Å². The molecule has 8 atom stereocenters. The summed E-state index contributed by atoms with van der Waals surface area (Å²) in [6.07, 6.45) is -1.97. The van der Waals surface area contributed by atoms with Gasteiger partial charge in [0.25, 0.3) is 0 Å². The number of hydrogen-bond acceptors (Lipinski definition) is 9. The number of esters is 3. The largest absolute Gasteiger partial charge is 0.504 e. The zero-order valence-electron chi connectivity index (χ0n) is 20.8. The Balaban J connectivity index is 1.74. The normalized spacial score (nSPS) is 42.5. The number of allylic oxidation sites excluding steroid dienone is 3. The third-order valence-corrected chi connectivity index (χ3v) is 8.84. The molecule has 3 fully saturated rings. The van der Waals surface area contributed by atoms with Crippen LogP contribution in [-0.4, -0.2) is 66.5 Å². The Hall–Kier alpha value is -3.01.